The fraction of sp³-hybridized carbons (Fsp3) is 0.389. The van der Waals surface area contributed by atoms with E-state index < -0.39 is 0 Å². The molecule has 23 heavy (non-hydrogen) atoms. The molecule has 0 spiro atoms. The van der Waals surface area contributed by atoms with Gasteiger partial charge in [0, 0.05) is 24.8 Å². The maximum atomic E-state index is 12.0. The second-order valence-corrected chi connectivity index (χ2v) is 6.03. The maximum Gasteiger partial charge on any atom is 0.319 e. The monoisotopic (exact) mass is 313 g/mol. The third-order valence-electron chi connectivity index (χ3n) is 4.13. The Morgan fingerprint density at radius 2 is 1.91 bits per heavy atom. The number of benzene rings is 1. The number of likely N-dealkylation sites (tertiary alicyclic amines) is 1. The quantitative estimate of drug-likeness (QED) is 0.910. The molecule has 1 aromatic carbocycles. The third kappa shape index (κ3) is 4.60. The summed E-state index contributed by atoms with van der Waals surface area (Å²) in [7, 11) is 0. The van der Waals surface area contributed by atoms with E-state index in [1.807, 2.05) is 49.4 Å². The van der Waals surface area contributed by atoms with Gasteiger partial charge in [-0.05, 0) is 44.0 Å². The average Bonchev–Trinajstić information content (AvgIpc) is 2.95. The molecule has 0 unspecified atom stereocenters. The van der Waals surface area contributed by atoms with Gasteiger partial charge in [-0.3, -0.25) is 4.90 Å². The summed E-state index contributed by atoms with van der Waals surface area (Å²) in [5.74, 6) is 1.96. The van der Waals surface area contributed by atoms with Crippen molar-refractivity contribution in [3.05, 3.63) is 54.0 Å². The molecule has 1 saturated heterocycles. The Kier molecular flexibility index (Phi) is 4.98. The van der Waals surface area contributed by atoms with Gasteiger partial charge in [-0.1, -0.05) is 18.2 Å². The molecule has 0 radical (unpaired) electrons. The maximum absolute atomic E-state index is 12.0. The van der Waals surface area contributed by atoms with Crippen LogP contribution in [0.4, 0.5) is 10.5 Å². The first-order chi connectivity index (χ1) is 11.2. The minimum Gasteiger partial charge on any atom is -0.465 e. The SMILES string of the molecule is Cc1ccc(CN2CCC(NC(=O)Nc3ccccc3)CC2)o1. The van der Waals surface area contributed by atoms with Gasteiger partial charge in [0.25, 0.3) is 0 Å². The summed E-state index contributed by atoms with van der Waals surface area (Å²) < 4.78 is 5.62. The number of urea groups is 1. The van der Waals surface area contributed by atoms with Crippen LogP contribution in [0, 0.1) is 6.92 Å². The number of para-hydroxylation sites is 1. The van der Waals surface area contributed by atoms with Crippen molar-refractivity contribution in [3.8, 4) is 0 Å². The van der Waals surface area contributed by atoms with Crippen molar-refractivity contribution in [1.82, 2.24) is 10.2 Å². The number of furan rings is 1. The van der Waals surface area contributed by atoms with E-state index in [2.05, 4.69) is 15.5 Å². The lowest BCUT2D eigenvalue weighted by atomic mass is 10.1. The van der Waals surface area contributed by atoms with Crippen molar-refractivity contribution < 1.29 is 9.21 Å². The molecule has 2 heterocycles. The minimum absolute atomic E-state index is 0.128. The van der Waals surface area contributed by atoms with Gasteiger partial charge >= 0.3 is 6.03 Å². The second kappa shape index (κ2) is 7.33. The van der Waals surface area contributed by atoms with Gasteiger partial charge in [0.05, 0.1) is 6.54 Å². The molecule has 0 bridgehead atoms. The zero-order valence-corrected chi connectivity index (χ0v) is 13.4. The molecule has 0 aliphatic carbocycles. The van der Waals surface area contributed by atoms with E-state index in [0.717, 1.165) is 49.7 Å². The number of piperidine rings is 1. The first kappa shape index (κ1) is 15.6. The van der Waals surface area contributed by atoms with E-state index in [4.69, 9.17) is 4.42 Å². The lowest BCUT2D eigenvalue weighted by molar-refractivity contribution is 0.178. The summed E-state index contributed by atoms with van der Waals surface area (Å²) in [6.07, 6.45) is 1.92. The second-order valence-electron chi connectivity index (χ2n) is 6.03. The molecule has 0 atom stereocenters. The first-order valence-corrected chi connectivity index (χ1v) is 8.09. The number of carbonyl (C=O) groups is 1. The van der Waals surface area contributed by atoms with Crippen LogP contribution in [0.2, 0.25) is 0 Å². The Bertz CT molecular complexity index is 631. The Hall–Kier alpha value is -2.27. The first-order valence-electron chi connectivity index (χ1n) is 8.09. The van der Waals surface area contributed by atoms with E-state index in [-0.39, 0.29) is 12.1 Å². The molecular weight excluding hydrogens is 290 g/mol. The molecule has 2 amide bonds. The number of rotatable bonds is 4. The highest BCUT2D eigenvalue weighted by atomic mass is 16.3. The number of carbonyl (C=O) groups excluding carboxylic acids is 1. The highest BCUT2D eigenvalue weighted by molar-refractivity contribution is 5.89. The summed E-state index contributed by atoms with van der Waals surface area (Å²) in [6, 6.07) is 13.6. The molecule has 1 aliphatic heterocycles. The van der Waals surface area contributed by atoms with Gasteiger partial charge in [0.2, 0.25) is 0 Å². The lowest BCUT2D eigenvalue weighted by Crippen LogP contribution is -2.45. The smallest absolute Gasteiger partial charge is 0.319 e. The summed E-state index contributed by atoms with van der Waals surface area (Å²) in [5, 5.41) is 5.92. The van der Waals surface area contributed by atoms with Crippen LogP contribution in [0.1, 0.15) is 24.4 Å². The van der Waals surface area contributed by atoms with Crippen LogP contribution in [0.25, 0.3) is 0 Å². The van der Waals surface area contributed by atoms with Crippen molar-refractivity contribution in [2.75, 3.05) is 18.4 Å². The van der Waals surface area contributed by atoms with Crippen molar-refractivity contribution in [3.63, 3.8) is 0 Å². The third-order valence-corrected chi connectivity index (χ3v) is 4.13. The van der Waals surface area contributed by atoms with Crippen LogP contribution in [0.5, 0.6) is 0 Å². The van der Waals surface area contributed by atoms with Crippen molar-refractivity contribution in [1.29, 1.82) is 0 Å². The average molecular weight is 313 g/mol. The summed E-state index contributed by atoms with van der Waals surface area (Å²) >= 11 is 0. The number of aryl methyl sites for hydroxylation is 1. The zero-order valence-electron chi connectivity index (χ0n) is 13.4. The van der Waals surface area contributed by atoms with Gasteiger partial charge in [-0.25, -0.2) is 4.79 Å². The summed E-state index contributed by atoms with van der Waals surface area (Å²) in [4.78, 5) is 14.4. The van der Waals surface area contributed by atoms with E-state index in [9.17, 15) is 4.79 Å². The fourth-order valence-electron chi connectivity index (χ4n) is 2.90. The largest absolute Gasteiger partial charge is 0.465 e. The Morgan fingerprint density at radius 1 is 1.17 bits per heavy atom. The molecule has 122 valence electrons. The number of nitrogens with one attached hydrogen (secondary N) is 2. The molecule has 3 rings (SSSR count). The number of nitrogens with zero attached hydrogens (tertiary/aromatic N) is 1. The molecule has 0 saturated carbocycles. The van der Waals surface area contributed by atoms with Crippen LogP contribution in [-0.2, 0) is 6.54 Å². The number of amides is 2. The van der Waals surface area contributed by atoms with Crippen molar-refractivity contribution in [2.45, 2.75) is 32.4 Å². The van der Waals surface area contributed by atoms with Crippen LogP contribution in [-0.4, -0.2) is 30.1 Å². The van der Waals surface area contributed by atoms with Crippen molar-refractivity contribution >= 4 is 11.7 Å². The Balaban J connectivity index is 1.41. The summed E-state index contributed by atoms with van der Waals surface area (Å²) in [5.41, 5.74) is 0.815. The predicted octanol–water partition coefficient (Wildman–Crippen LogP) is 3.37. The van der Waals surface area contributed by atoms with E-state index in [0.29, 0.717) is 0 Å². The van der Waals surface area contributed by atoms with Gasteiger partial charge in [-0.15, -0.1) is 0 Å². The lowest BCUT2D eigenvalue weighted by Gasteiger charge is -2.31. The van der Waals surface area contributed by atoms with Crippen LogP contribution < -0.4 is 10.6 Å². The number of hydrogen-bond acceptors (Lipinski definition) is 3. The van der Waals surface area contributed by atoms with Crippen LogP contribution >= 0.6 is 0 Å². The zero-order chi connectivity index (χ0) is 16.1. The van der Waals surface area contributed by atoms with E-state index in [1.54, 1.807) is 0 Å². The molecule has 2 aromatic rings. The standard InChI is InChI=1S/C18H23N3O2/c1-14-7-8-17(23-14)13-21-11-9-16(10-12-21)20-18(22)19-15-5-3-2-4-6-15/h2-8,16H,9-13H2,1H3,(H2,19,20,22). The van der Waals surface area contributed by atoms with Gasteiger partial charge in [-0.2, -0.15) is 0 Å². The predicted molar refractivity (Wildman–Crippen MR) is 90.3 cm³/mol. The van der Waals surface area contributed by atoms with Gasteiger partial charge in [0.1, 0.15) is 11.5 Å². The molecular formula is C18H23N3O2. The van der Waals surface area contributed by atoms with Crippen LogP contribution in [0.3, 0.4) is 0 Å². The Labute approximate surface area is 136 Å². The Morgan fingerprint density at radius 3 is 2.57 bits per heavy atom. The number of hydrogen-bond donors (Lipinski definition) is 2. The molecule has 1 aliphatic rings. The minimum atomic E-state index is -0.128. The number of anilines is 1. The molecule has 5 heteroatoms. The highest BCUT2D eigenvalue weighted by Crippen LogP contribution is 2.15. The highest BCUT2D eigenvalue weighted by Gasteiger charge is 2.21. The molecule has 2 N–H and O–H groups in total. The van der Waals surface area contributed by atoms with E-state index >= 15 is 0 Å². The normalized spacial score (nSPS) is 16.2. The molecule has 1 fully saturated rings. The molecule has 1 aromatic heterocycles. The fourth-order valence-corrected chi connectivity index (χ4v) is 2.90. The van der Waals surface area contributed by atoms with Crippen LogP contribution in [0.15, 0.2) is 46.9 Å². The molecule has 5 nitrogen and oxygen atoms in total. The van der Waals surface area contributed by atoms with Gasteiger partial charge in [0.15, 0.2) is 0 Å². The van der Waals surface area contributed by atoms with Crippen molar-refractivity contribution in [2.24, 2.45) is 0 Å². The summed E-state index contributed by atoms with van der Waals surface area (Å²) in [6.45, 7) is 4.74. The van der Waals surface area contributed by atoms with Gasteiger partial charge < -0.3 is 15.1 Å². The van der Waals surface area contributed by atoms with E-state index in [1.165, 1.54) is 0 Å². The topological polar surface area (TPSA) is 57.5 Å².